The van der Waals surface area contributed by atoms with E-state index in [1.807, 2.05) is 12.1 Å². The summed E-state index contributed by atoms with van der Waals surface area (Å²) in [5.74, 6) is 2.19. The molecule has 7 rings (SSSR count). The van der Waals surface area contributed by atoms with Crippen molar-refractivity contribution in [3.8, 4) is 11.5 Å². The van der Waals surface area contributed by atoms with E-state index in [9.17, 15) is 14.7 Å². The van der Waals surface area contributed by atoms with Crippen molar-refractivity contribution in [3.05, 3.63) is 59.7 Å². The minimum atomic E-state index is -0.295. The van der Waals surface area contributed by atoms with E-state index in [0.717, 1.165) is 70.5 Å². The Morgan fingerprint density at radius 1 is 0.745 bits per heavy atom. The molecule has 0 bridgehead atoms. The van der Waals surface area contributed by atoms with E-state index in [1.165, 1.54) is 56.1 Å². The van der Waals surface area contributed by atoms with Crippen molar-refractivity contribution in [2.45, 2.75) is 120 Å². The van der Waals surface area contributed by atoms with E-state index in [-0.39, 0.29) is 23.3 Å². The van der Waals surface area contributed by atoms with Crippen LogP contribution in [0.5, 0.6) is 11.5 Å². The first-order valence-corrected chi connectivity index (χ1v) is 17.9. The number of amides is 2. The molecule has 0 radical (unpaired) electrons. The Kier molecular flexibility index (Phi) is 12.7. The van der Waals surface area contributed by atoms with Crippen molar-refractivity contribution in [2.75, 3.05) is 33.0 Å². The molecule has 0 unspecified atom stereocenters. The summed E-state index contributed by atoms with van der Waals surface area (Å²) in [6, 6.07) is 15.9. The third-order valence-electron chi connectivity index (χ3n) is 10.2. The van der Waals surface area contributed by atoms with Crippen molar-refractivity contribution >= 4 is 12.2 Å². The molecular formula is C38H54N2O7. The van der Waals surface area contributed by atoms with Gasteiger partial charge in [0.05, 0.1) is 17.7 Å². The quantitative estimate of drug-likeness (QED) is 0.223. The molecule has 3 N–H and O–H groups in total. The summed E-state index contributed by atoms with van der Waals surface area (Å²) in [7, 11) is 0. The van der Waals surface area contributed by atoms with Crippen LogP contribution in [0.3, 0.4) is 0 Å². The zero-order valence-electron chi connectivity index (χ0n) is 28.1. The number of carbonyl (C=O) groups is 2. The van der Waals surface area contributed by atoms with E-state index in [0.29, 0.717) is 30.8 Å². The van der Waals surface area contributed by atoms with Gasteiger partial charge in [-0.15, -0.1) is 0 Å². The van der Waals surface area contributed by atoms with Crippen molar-refractivity contribution in [1.82, 2.24) is 10.6 Å². The summed E-state index contributed by atoms with van der Waals surface area (Å²) in [6.07, 6.45) is 15.7. The summed E-state index contributed by atoms with van der Waals surface area (Å²) < 4.78 is 20.9. The maximum Gasteiger partial charge on any atom is 0.407 e. The number of ether oxygens (including phenoxy) is 4. The topological polar surface area (TPSA) is 115 Å². The van der Waals surface area contributed by atoms with E-state index in [2.05, 4.69) is 41.8 Å². The van der Waals surface area contributed by atoms with Crippen LogP contribution in [-0.2, 0) is 14.2 Å². The summed E-state index contributed by atoms with van der Waals surface area (Å²) >= 11 is 0. The van der Waals surface area contributed by atoms with Gasteiger partial charge in [0, 0.05) is 13.2 Å². The maximum atomic E-state index is 11.3. The molecule has 0 aromatic heterocycles. The molecule has 47 heavy (non-hydrogen) atoms. The zero-order chi connectivity index (χ0) is 33.0. The SMILES string of the molecule is C1CCOC1.CCCCCCCCOc1ccc([C@@H]2CC[C@]3(COC(=O)N3)C2)cc1.O=C1N[C@@]2(CC[C@@H](c3ccc(O)cc3)C2)CO1. The monoisotopic (exact) mass is 650 g/mol. The summed E-state index contributed by atoms with van der Waals surface area (Å²) in [5, 5.41) is 15.2. The van der Waals surface area contributed by atoms with Gasteiger partial charge < -0.3 is 34.7 Å². The average molecular weight is 651 g/mol. The van der Waals surface area contributed by atoms with Crippen LogP contribution >= 0.6 is 0 Å². The number of phenolic OH excluding ortho intramolecular Hbond substituents is 1. The minimum Gasteiger partial charge on any atom is -0.508 e. The van der Waals surface area contributed by atoms with E-state index >= 15 is 0 Å². The Labute approximate surface area is 280 Å². The summed E-state index contributed by atoms with van der Waals surface area (Å²) in [6.45, 7) is 6.05. The van der Waals surface area contributed by atoms with Gasteiger partial charge in [0.15, 0.2) is 0 Å². The van der Waals surface area contributed by atoms with Crippen LogP contribution < -0.4 is 15.4 Å². The highest BCUT2D eigenvalue weighted by Crippen LogP contribution is 2.44. The van der Waals surface area contributed by atoms with Crippen LogP contribution in [0.15, 0.2) is 48.5 Å². The van der Waals surface area contributed by atoms with Crippen molar-refractivity contribution < 1.29 is 33.6 Å². The van der Waals surface area contributed by atoms with Gasteiger partial charge in [0.25, 0.3) is 0 Å². The fourth-order valence-electron chi connectivity index (χ4n) is 7.46. The molecule has 5 aliphatic rings. The Morgan fingerprint density at radius 3 is 1.72 bits per heavy atom. The predicted octanol–water partition coefficient (Wildman–Crippen LogP) is 8.11. The van der Waals surface area contributed by atoms with Crippen molar-refractivity contribution in [1.29, 1.82) is 0 Å². The number of hydrogen-bond acceptors (Lipinski definition) is 7. The molecule has 2 spiro atoms. The van der Waals surface area contributed by atoms with Gasteiger partial charge in [-0.25, -0.2) is 9.59 Å². The number of nitrogens with one attached hydrogen (secondary N) is 2. The van der Waals surface area contributed by atoms with Crippen LogP contribution in [0.25, 0.3) is 0 Å². The predicted molar refractivity (Wildman–Crippen MR) is 181 cm³/mol. The van der Waals surface area contributed by atoms with Crippen LogP contribution in [0.2, 0.25) is 0 Å². The first-order chi connectivity index (χ1) is 22.9. The maximum absolute atomic E-state index is 11.3. The smallest absolute Gasteiger partial charge is 0.407 e. The number of alkyl carbamates (subject to hydrolysis) is 2. The minimum absolute atomic E-state index is 0.130. The second-order valence-electron chi connectivity index (χ2n) is 13.9. The van der Waals surface area contributed by atoms with Gasteiger partial charge >= 0.3 is 12.2 Å². The average Bonchev–Trinajstić information content (AvgIpc) is 3.93. The first-order valence-electron chi connectivity index (χ1n) is 17.9. The standard InChI is InChI=1S/C21H31NO3.C13H15NO3.C4H8O/c1-2-3-4-5-6-7-14-24-19-10-8-17(9-11-19)18-12-13-21(15-18)16-25-20(23)22-21;15-11-3-1-9(2-4-11)10-5-6-13(7-10)8-17-12(16)14-13;1-2-4-5-3-1/h8-11,18H,2-7,12-16H2,1H3,(H,22,23);1-4,10,15H,5-8H2,(H,14,16);1-4H2/t18-,21-;10-,13-;/m11./s1. The number of cyclic esters (lactones) is 2. The molecule has 9 heteroatoms. The van der Waals surface area contributed by atoms with Gasteiger partial charge in [-0.2, -0.15) is 0 Å². The second kappa shape index (κ2) is 17.1. The molecule has 4 atom stereocenters. The van der Waals surface area contributed by atoms with Gasteiger partial charge in [-0.05, 0) is 105 Å². The molecule has 2 aliphatic carbocycles. The Morgan fingerprint density at radius 2 is 1.26 bits per heavy atom. The van der Waals surface area contributed by atoms with Gasteiger partial charge in [-0.1, -0.05) is 63.3 Å². The van der Waals surface area contributed by atoms with Crippen LogP contribution in [0.4, 0.5) is 9.59 Å². The molecular weight excluding hydrogens is 596 g/mol. The molecule has 2 aromatic rings. The summed E-state index contributed by atoms with van der Waals surface area (Å²) in [5.41, 5.74) is 2.28. The molecule has 2 aromatic carbocycles. The largest absolute Gasteiger partial charge is 0.508 e. The highest BCUT2D eigenvalue weighted by molar-refractivity contribution is 5.71. The fraction of sp³-hybridized carbons (Fsp3) is 0.632. The Bertz CT molecular complexity index is 1260. The Balaban J connectivity index is 0.000000168. The number of phenols is 1. The van der Waals surface area contributed by atoms with Crippen LogP contribution in [-0.4, -0.2) is 61.4 Å². The molecule has 3 heterocycles. The molecule has 9 nitrogen and oxygen atoms in total. The third kappa shape index (κ3) is 10.3. The highest BCUT2D eigenvalue weighted by Gasteiger charge is 2.46. The molecule has 5 fully saturated rings. The lowest BCUT2D eigenvalue weighted by molar-refractivity contribution is 0.171. The van der Waals surface area contributed by atoms with Crippen LogP contribution in [0, 0.1) is 0 Å². The number of unbranched alkanes of at least 4 members (excludes halogenated alkanes) is 5. The molecule has 3 aliphatic heterocycles. The van der Waals surface area contributed by atoms with E-state index in [1.54, 1.807) is 12.1 Å². The first kappa shape index (κ1) is 34.9. The van der Waals surface area contributed by atoms with Crippen LogP contribution in [0.1, 0.15) is 120 Å². The van der Waals surface area contributed by atoms with E-state index in [4.69, 9.17) is 18.9 Å². The normalized spacial score (nSPS) is 27.3. The van der Waals surface area contributed by atoms with Gasteiger partial charge in [0.2, 0.25) is 0 Å². The molecule has 3 saturated heterocycles. The lowest BCUT2D eigenvalue weighted by atomic mass is 9.93. The fourth-order valence-corrected chi connectivity index (χ4v) is 7.46. The van der Waals surface area contributed by atoms with Crippen molar-refractivity contribution in [2.24, 2.45) is 0 Å². The number of hydrogen-bond donors (Lipinski definition) is 3. The molecule has 2 amide bonds. The molecule has 2 saturated carbocycles. The second-order valence-corrected chi connectivity index (χ2v) is 13.9. The number of carbonyl (C=O) groups excluding carboxylic acids is 2. The van der Waals surface area contributed by atoms with Gasteiger partial charge in [-0.3, -0.25) is 0 Å². The van der Waals surface area contributed by atoms with Crippen molar-refractivity contribution in [3.63, 3.8) is 0 Å². The number of rotatable bonds is 10. The lowest BCUT2D eigenvalue weighted by Crippen LogP contribution is -2.40. The summed E-state index contributed by atoms with van der Waals surface area (Å²) in [4.78, 5) is 22.5. The zero-order valence-corrected chi connectivity index (χ0v) is 28.1. The number of aromatic hydroxyl groups is 1. The highest BCUT2D eigenvalue weighted by atomic mass is 16.6. The Hall–Kier alpha value is -3.46. The lowest BCUT2D eigenvalue weighted by Gasteiger charge is -2.20. The third-order valence-corrected chi connectivity index (χ3v) is 10.2. The number of benzene rings is 2. The van der Waals surface area contributed by atoms with Gasteiger partial charge in [0.1, 0.15) is 24.7 Å². The molecule has 258 valence electrons. The van der Waals surface area contributed by atoms with E-state index < -0.39 is 0 Å².